The minimum atomic E-state index is -0.325. The highest BCUT2D eigenvalue weighted by molar-refractivity contribution is 7.98. The third kappa shape index (κ3) is 3.54. The number of fused-ring (bicyclic) bond motifs is 5. The van der Waals surface area contributed by atoms with Gasteiger partial charge in [0.2, 0.25) is 11.8 Å². The van der Waals surface area contributed by atoms with E-state index < -0.39 is 0 Å². The summed E-state index contributed by atoms with van der Waals surface area (Å²) in [6.07, 6.45) is 3.29. The van der Waals surface area contributed by atoms with Crippen molar-refractivity contribution in [3.63, 3.8) is 0 Å². The zero-order valence-corrected chi connectivity index (χ0v) is 21.4. The molecule has 10 nitrogen and oxygen atoms in total. The molecular weight excluding hydrogens is 514 g/mol. The summed E-state index contributed by atoms with van der Waals surface area (Å²) >= 11 is 1.44. The molecule has 0 amide bonds. The van der Waals surface area contributed by atoms with Crippen molar-refractivity contribution in [2.24, 2.45) is 0 Å². The number of hydrogen-bond acceptors (Lipinski definition) is 9. The SMILES string of the molecule is Cc1nn(-c2ccccc2)c2c1[C@H](c1ccco1)c1c(ncn3nc(CSc4nc5ccccc5o4)nc13)O2. The van der Waals surface area contributed by atoms with Gasteiger partial charge >= 0.3 is 0 Å². The lowest BCUT2D eigenvalue weighted by atomic mass is 9.88. The van der Waals surface area contributed by atoms with Crippen molar-refractivity contribution in [2.75, 3.05) is 0 Å². The van der Waals surface area contributed by atoms with Crippen LogP contribution in [0.15, 0.2) is 93.4 Å². The molecular formula is C28H19N7O3S. The fraction of sp³-hybridized carbons (Fsp3) is 0.107. The van der Waals surface area contributed by atoms with Gasteiger partial charge in [-0.15, -0.1) is 5.10 Å². The number of aryl methyl sites for hydroxylation is 1. The minimum absolute atomic E-state index is 0.325. The maximum Gasteiger partial charge on any atom is 0.257 e. The molecule has 39 heavy (non-hydrogen) atoms. The van der Waals surface area contributed by atoms with Crippen LogP contribution in [0.2, 0.25) is 0 Å². The minimum Gasteiger partial charge on any atom is -0.468 e. The number of furan rings is 1. The Labute approximate surface area is 225 Å². The van der Waals surface area contributed by atoms with E-state index >= 15 is 0 Å². The molecule has 0 bridgehead atoms. The molecule has 0 saturated heterocycles. The Kier molecular flexibility index (Phi) is 4.86. The summed E-state index contributed by atoms with van der Waals surface area (Å²) in [7, 11) is 0. The highest BCUT2D eigenvalue weighted by Crippen LogP contribution is 2.49. The van der Waals surface area contributed by atoms with Crippen LogP contribution in [0, 0.1) is 6.92 Å². The first-order valence-electron chi connectivity index (χ1n) is 12.3. The first kappa shape index (κ1) is 22.1. The summed E-state index contributed by atoms with van der Waals surface area (Å²) in [5.74, 6) is 2.57. The van der Waals surface area contributed by atoms with Crippen LogP contribution in [-0.2, 0) is 5.75 Å². The van der Waals surface area contributed by atoms with Crippen molar-refractivity contribution >= 4 is 28.5 Å². The van der Waals surface area contributed by atoms with Gasteiger partial charge in [-0.3, -0.25) is 0 Å². The smallest absolute Gasteiger partial charge is 0.257 e. The topological polar surface area (TPSA) is 109 Å². The van der Waals surface area contributed by atoms with Gasteiger partial charge in [0.05, 0.1) is 40.4 Å². The number of thioether (sulfide) groups is 1. The second kappa shape index (κ2) is 8.57. The maximum absolute atomic E-state index is 6.43. The average Bonchev–Trinajstić information content (AvgIpc) is 3.77. The number of ether oxygens (including phenoxy) is 1. The number of benzene rings is 2. The number of para-hydroxylation sites is 3. The lowest BCUT2D eigenvalue weighted by molar-refractivity contribution is 0.392. The summed E-state index contributed by atoms with van der Waals surface area (Å²) < 4.78 is 21.7. The Bertz CT molecular complexity index is 1940. The lowest BCUT2D eigenvalue weighted by Crippen LogP contribution is -2.15. The first-order chi connectivity index (χ1) is 19.2. The monoisotopic (exact) mass is 533 g/mol. The highest BCUT2D eigenvalue weighted by atomic mass is 32.2. The van der Waals surface area contributed by atoms with E-state index in [0.29, 0.717) is 34.2 Å². The summed E-state index contributed by atoms with van der Waals surface area (Å²) in [4.78, 5) is 14.1. The molecule has 0 unspecified atom stereocenters. The third-order valence-electron chi connectivity index (χ3n) is 6.69. The molecule has 0 radical (unpaired) electrons. The van der Waals surface area contributed by atoms with Crippen molar-refractivity contribution in [2.45, 2.75) is 23.8 Å². The molecule has 7 aromatic rings. The number of hydrogen-bond donors (Lipinski definition) is 0. The molecule has 11 heteroatoms. The van der Waals surface area contributed by atoms with Crippen LogP contribution in [0.5, 0.6) is 11.8 Å². The van der Waals surface area contributed by atoms with Gasteiger partial charge < -0.3 is 13.6 Å². The molecule has 1 atom stereocenters. The largest absolute Gasteiger partial charge is 0.468 e. The van der Waals surface area contributed by atoms with Crippen LogP contribution in [0.25, 0.3) is 22.4 Å². The molecule has 2 aromatic carbocycles. The molecule has 6 heterocycles. The number of oxazole rings is 1. The van der Waals surface area contributed by atoms with Crippen LogP contribution < -0.4 is 4.74 Å². The third-order valence-corrected chi connectivity index (χ3v) is 7.52. The fourth-order valence-electron chi connectivity index (χ4n) is 5.01. The second-order valence-corrected chi connectivity index (χ2v) is 10.0. The van der Waals surface area contributed by atoms with Crippen LogP contribution in [0.4, 0.5) is 0 Å². The van der Waals surface area contributed by atoms with Gasteiger partial charge in [-0.25, -0.2) is 24.1 Å². The van der Waals surface area contributed by atoms with Crippen LogP contribution >= 0.6 is 11.8 Å². The van der Waals surface area contributed by atoms with Crippen molar-refractivity contribution in [1.29, 1.82) is 0 Å². The quantitative estimate of drug-likeness (QED) is 0.249. The molecule has 0 fully saturated rings. The molecule has 0 spiro atoms. The Balaban J connectivity index is 1.22. The molecule has 1 aliphatic heterocycles. The van der Waals surface area contributed by atoms with Crippen LogP contribution in [0.1, 0.15) is 34.3 Å². The molecule has 190 valence electrons. The van der Waals surface area contributed by atoms with Crippen LogP contribution in [-0.4, -0.2) is 34.3 Å². The zero-order valence-electron chi connectivity index (χ0n) is 20.6. The van der Waals surface area contributed by atoms with E-state index in [-0.39, 0.29) is 5.92 Å². The highest BCUT2D eigenvalue weighted by Gasteiger charge is 2.39. The molecule has 0 saturated carbocycles. The fourth-order valence-corrected chi connectivity index (χ4v) is 5.69. The summed E-state index contributed by atoms with van der Waals surface area (Å²) in [5, 5.41) is 10.1. The van der Waals surface area contributed by atoms with Gasteiger partial charge in [-0.2, -0.15) is 5.10 Å². The summed E-state index contributed by atoms with van der Waals surface area (Å²) in [5.41, 5.74) is 5.62. The van der Waals surface area contributed by atoms with E-state index in [4.69, 9.17) is 23.7 Å². The van der Waals surface area contributed by atoms with E-state index in [2.05, 4.69) is 15.1 Å². The molecule has 0 aliphatic carbocycles. The normalized spacial score (nSPS) is 14.4. The van der Waals surface area contributed by atoms with Crippen molar-refractivity contribution < 1.29 is 13.6 Å². The van der Waals surface area contributed by atoms with Gasteiger partial charge in [0.25, 0.3) is 5.22 Å². The van der Waals surface area contributed by atoms with Crippen molar-refractivity contribution in [3.8, 4) is 17.4 Å². The Morgan fingerprint density at radius 2 is 1.79 bits per heavy atom. The van der Waals surface area contributed by atoms with Crippen molar-refractivity contribution in [3.05, 3.63) is 108 Å². The molecule has 5 aromatic heterocycles. The van der Waals surface area contributed by atoms with E-state index in [1.807, 2.05) is 78.3 Å². The molecule has 0 N–H and O–H groups in total. The van der Waals surface area contributed by atoms with Crippen LogP contribution in [0.3, 0.4) is 0 Å². The Morgan fingerprint density at radius 1 is 0.923 bits per heavy atom. The van der Waals surface area contributed by atoms with Gasteiger partial charge in [-0.1, -0.05) is 42.1 Å². The second-order valence-electron chi connectivity index (χ2n) is 9.10. The summed E-state index contributed by atoms with van der Waals surface area (Å²) in [6.45, 7) is 1.97. The lowest BCUT2D eigenvalue weighted by Gasteiger charge is -2.24. The van der Waals surface area contributed by atoms with E-state index in [1.165, 1.54) is 11.8 Å². The van der Waals surface area contributed by atoms with E-state index in [1.54, 1.807) is 17.1 Å². The average molecular weight is 534 g/mol. The maximum atomic E-state index is 6.43. The van der Waals surface area contributed by atoms with Gasteiger partial charge in [0, 0.05) is 0 Å². The van der Waals surface area contributed by atoms with Gasteiger partial charge in [0.15, 0.2) is 17.1 Å². The van der Waals surface area contributed by atoms with E-state index in [0.717, 1.165) is 39.4 Å². The molecule has 1 aliphatic rings. The van der Waals surface area contributed by atoms with E-state index in [9.17, 15) is 0 Å². The number of rotatable bonds is 5. The van der Waals surface area contributed by atoms with Gasteiger partial charge in [-0.05, 0) is 43.3 Å². The standard InChI is InChI=1S/C28H19N7O3S/c1-16-22-23(20-12-7-13-36-20)24-25-31-21(14-39-28-30-18-10-5-6-11-19(18)37-28)33-34(25)15-29-26(24)38-27(22)35(32-16)17-8-3-2-4-9-17/h2-13,15,23H,14H2,1H3/t23-/m0/s1. The number of nitrogens with zero attached hydrogens (tertiary/aromatic N) is 7. The Morgan fingerprint density at radius 3 is 2.64 bits per heavy atom. The predicted molar refractivity (Wildman–Crippen MR) is 142 cm³/mol. The predicted octanol–water partition coefficient (Wildman–Crippen LogP) is 5.93. The molecule has 8 rings (SSSR count). The number of aromatic nitrogens is 7. The van der Waals surface area contributed by atoms with Crippen molar-refractivity contribution in [1.82, 2.24) is 34.3 Å². The first-order valence-corrected chi connectivity index (χ1v) is 13.3. The Hall–Kier alpha value is -4.90. The summed E-state index contributed by atoms with van der Waals surface area (Å²) in [6, 6.07) is 21.4. The zero-order chi connectivity index (χ0) is 25.9. The van der Waals surface area contributed by atoms with Gasteiger partial charge in [0.1, 0.15) is 17.6 Å².